The predicted molar refractivity (Wildman–Crippen MR) is 110 cm³/mol. The number of primary amides is 1. The van der Waals surface area contributed by atoms with Crippen LogP contribution in [0.2, 0.25) is 0 Å². The second kappa shape index (κ2) is 7.85. The van der Waals surface area contributed by atoms with Crippen LogP contribution in [-0.4, -0.2) is 25.6 Å². The third kappa shape index (κ3) is 3.65. The number of aromatic hydroxyl groups is 1. The second-order valence-electron chi connectivity index (χ2n) is 7.52. The molecule has 1 aromatic carbocycles. The highest BCUT2D eigenvalue weighted by atomic mass is 19.3. The molecule has 0 bridgehead atoms. The second-order valence-corrected chi connectivity index (χ2v) is 7.52. The Hall–Kier alpha value is -3.29. The van der Waals surface area contributed by atoms with E-state index in [1.54, 1.807) is 26.0 Å². The number of hydrogen-bond acceptors (Lipinski definition) is 4. The van der Waals surface area contributed by atoms with Crippen molar-refractivity contribution in [1.29, 1.82) is 0 Å². The van der Waals surface area contributed by atoms with Crippen LogP contribution >= 0.6 is 0 Å². The van der Waals surface area contributed by atoms with E-state index in [4.69, 9.17) is 5.73 Å². The lowest BCUT2D eigenvalue weighted by molar-refractivity contribution is -0.112. The Morgan fingerprint density at radius 2 is 1.83 bits per heavy atom. The van der Waals surface area contributed by atoms with Gasteiger partial charge in [0.1, 0.15) is 11.4 Å². The maximum Gasteiger partial charge on any atom is 0.281 e. The molecular weight excluding hydrogens is 390 g/mol. The van der Waals surface area contributed by atoms with Crippen LogP contribution in [0.25, 0.3) is 11.2 Å². The van der Waals surface area contributed by atoms with Crippen LogP contribution in [0.1, 0.15) is 52.7 Å². The molecule has 30 heavy (non-hydrogen) atoms. The van der Waals surface area contributed by atoms with Crippen LogP contribution in [0.5, 0.6) is 5.75 Å². The molecule has 0 aliphatic heterocycles. The summed E-state index contributed by atoms with van der Waals surface area (Å²) < 4.78 is 28.0. The number of amides is 1. The zero-order valence-corrected chi connectivity index (χ0v) is 17.5. The van der Waals surface area contributed by atoms with Crippen molar-refractivity contribution >= 4 is 17.1 Å². The number of benzene rings is 1. The van der Waals surface area contributed by atoms with Gasteiger partial charge in [-0.25, -0.2) is 18.3 Å². The van der Waals surface area contributed by atoms with E-state index in [1.807, 2.05) is 26.8 Å². The summed E-state index contributed by atoms with van der Waals surface area (Å²) in [4.78, 5) is 15.5. The Bertz CT molecular complexity index is 1170. The third-order valence-corrected chi connectivity index (χ3v) is 5.44. The van der Waals surface area contributed by atoms with Gasteiger partial charge < -0.3 is 10.8 Å². The number of phenolic OH excluding ortho intramolecular Hbond substituents is 1. The van der Waals surface area contributed by atoms with Gasteiger partial charge in [-0.3, -0.25) is 4.79 Å². The smallest absolute Gasteiger partial charge is 0.281 e. The fraction of sp³-hybridized carbons (Fsp3) is 0.318. The monoisotopic (exact) mass is 414 g/mol. The van der Waals surface area contributed by atoms with Crippen molar-refractivity contribution in [3.8, 4) is 5.75 Å². The summed E-state index contributed by atoms with van der Waals surface area (Å²) in [6, 6.07) is 5.29. The first-order valence-corrected chi connectivity index (χ1v) is 9.45. The molecule has 0 saturated carbocycles. The largest absolute Gasteiger partial charge is 0.508 e. The van der Waals surface area contributed by atoms with Gasteiger partial charge in [-0.05, 0) is 57.4 Å². The fourth-order valence-corrected chi connectivity index (χ4v) is 3.62. The van der Waals surface area contributed by atoms with Crippen molar-refractivity contribution in [2.24, 2.45) is 5.73 Å². The minimum Gasteiger partial charge on any atom is -0.508 e. The summed E-state index contributed by atoms with van der Waals surface area (Å²) in [7, 11) is 0. The number of aryl methyl sites for hydroxylation is 2. The molecule has 2 heterocycles. The van der Waals surface area contributed by atoms with Crippen molar-refractivity contribution in [1.82, 2.24) is 14.6 Å². The summed E-state index contributed by atoms with van der Waals surface area (Å²) in [5.41, 5.74) is 10.8. The molecule has 4 rings (SSSR count). The van der Waals surface area contributed by atoms with Gasteiger partial charge in [0.25, 0.3) is 6.43 Å². The van der Waals surface area contributed by atoms with E-state index in [9.17, 15) is 18.7 Å². The number of allylic oxidation sites excluding steroid dienone is 1. The predicted octanol–water partition coefficient (Wildman–Crippen LogP) is 4.11. The zero-order valence-electron chi connectivity index (χ0n) is 17.5. The molecule has 6 nitrogen and oxygen atoms in total. The summed E-state index contributed by atoms with van der Waals surface area (Å²) in [6.07, 6.45) is -2.41. The molecule has 1 amide bonds. The molecule has 3 aromatic rings. The lowest BCUT2D eigenvalue weighted by Gasteiger charge is -2.10. The van der Waals surface area contributed by atoms with E-state index >= 15 is 0 Å². The van der Waals surface area contributed by atoms with Gasteiger partial charge in [-0.2, -0.15) is 5.10 Å². The quantitative estimate of drug-likeness (QED) is 0.660. The normalized spacial score (nSPS) is 12.9. The third-order valence-electron chi connectivity index (χ3n) is 5.44. The van der Waals surface area contributed by atoms with Gasteiger partial charge in [0, 0.05) is 23.6 Å². The minimum absolute atomic E-state index is 0.137. The van der Waals surface area contributed by atoms with Crippen LogP contribution in [-0.2, 0) is 11.2 Å². The maximum absolute atomic E-state index is 13.3. The molecule has 8 heteroatoms. The molecule has 2 aromatic heterocycles. The molecule has 0 unspecified atom stereocenters. The van der Waals surface area contributed by atoms with Gasteiger partial charge in [-0.15, -0.1) is 0 Å². The van der Waals surface area contributed by atoms with Crippen LogP contribution < -0.4 is 5.73 Å². The molecule has 0 fully saturated rings. The van der Waals surface area contributed by atoms with E-state index in [0.29, 0.717) is 34.8 Å². The number of phenols is 1. The highest BCUT2D eigenvalue weighted by Gasteiger charge is 2.32. The van der Waals surface area contributed by atoms with Gasteiger partial charge in [0.2, 0.25) is 5.91 Å². The Kier molecular flexibility index (Phi) is 5.61. The highest BCUT2D eigenvalue weighted by Crippen LogP contribution is 2.38. The molecule has 0 radical (unpaired) electrons. The van der Waals surface area contributed by atoms with Gasteiger partial charge in [-0.1, -0.05) is 11.6 Å². The molecule has 0 saturated heterocycles. The highest BCUT2D eigenvalue weighted by molar-refractivity contribution is 6.21. The van der Waals surface area contributed by atoms with E-state index in [1.165, 1.54) is 15.6 Å². The first kappa shape index (κ1) is 21.4. The number of nitrogens with two attached hydrogens (primary N) is 1. The maximum atomic E-state index is 13.3. The van der Waals surface area contributed by atoms with Gasteiger partial charge in [0.05, 0.1) is 11.4 Å². The number of fused-ring (bicyclic) bond motifs is 3. The lowest BCUT2D eigenvalue weighted by Crippen LogP contribution is -2.16. The Morgan fingerprint density at radius 3 is 2.40 bits per heavy atom. The minimum atomic E-state index is -2.77. The topological polar surface area (TPSA) is 93.5 Å². The van der Waals surface area contributed by atoms with Gasteiger partial charge in [0.15, 0.2) is 5.65 Å². The van der Waals surface area contributed by atoms with Crippen molar-refractivity contribution < 1.29 is 18.7 Å². The fourth-order valence-electron chi connectivity index (χ4n) is 3.62. The number of halogens is 2. The van der Waals surface area contributed by atoms with Crippen molar-refractivity contribution in [3.63, 3.8) is 0 Å². The first-order valence-electron chi connectivity index (χ1n) is 9.45. The summed E-state index contributed by atoms with van der Waals surface area (Å²) in [5, 5.41) is 13.5. The van der Waals surface area contributed by atoms with Crippen LogP contribution in [0, 0.1) is 27.7 Å². The van der Waals surface area contributed by atoms with Crippen molar-refractivity contribution in [2.75, 3.05) is 0 Å². The van der Waals surface area contributed by atoms with E-state index in [-0.39, 0.29) is 11.1 Å². The van der Waals surface area contributed by atoms with Gasteiger partial charge >= 0.3 is 0 Å². The van der Waals surface area contributed by atoms with Crippen LogP contribution in [0.15, 0.2) is 23.8 Å². The van der Waals surface area contributed by atoms with Crippen LogP contribution in [0.3, 0.4) is 0 Å². The molecule has 1 aliphatic rings. The number of alkyl halides is 2. The zero-order chi connectivity index (χ0) is 22.3. The average molecular weight is 414 g/mol. The SMILES string of the molecule is CC1=C(C(N)=O)c2c(C(F)F)nc3cc(C)nn3c2C1.Cc1ccc(O)c(C)c1C. The molecule has 3 N–H and O–H groups in total. The molecule has 0 atom stereocenters. The summed E-state index contributed by atoms with van der Waals surface area (Å²) in [6.45, 7) is 9.45. The molecule has 0 spiro atoms. The standard InChI is InChI=1S/C13H12F2N4O.C9H12O/c1-5-3-7-10(9(5)13(16)20)11(12(14)15)17-8-4-6(2)18-19(7)8;1-6-4-5-9(10)8(3)7(6)2/h4,12H,3H2,1-2H3,(H2,16,20);4-5,10H,1-3H3. The molecular formula is C22H24F2N4O2. The number of aromatic nitrogens is 3. The van der Waals surface area contributed by atoms with E-state index in [2.05, 4.69) is 10.1 Å². The molecule has 1 aliphatic carbocycles. The summed E-state index contributed by atoms with van der Waals surface area (Å²) in [5.74, 6) is -0.323. The molecule has 158 valence electrons. The number of carbonyl (C=O) groups excluding carboxylic acids is 1. The van der Waals surface area contributed by atoms with Crippen molar-refractivity contribution in [2.45, 2.75) is 47.5 Å². The number of hydrogen-bond donors (Lipinski definition) is 2. The van der Waals surface area contributed by atoms with Crippen LogP contribution in [0.4, 0.5) is 8.78 Å². The van der Waals surface area contributed by atoms with Crippen molar-refractivity contribution in [3.05, 3.63) is 63.1 Å². The Morgan fingerprint density at radius 1 is 1.17 bits per heavy atom. The Labute approximate surface area is 173 Å². The average Bonchev–Trinajstić information content (AvgIpc) is 3.21. The van der Waals surface area contributed by atoms with E-state index in [0.717, 1.165) is 5.56 Å². The first-order chi connectivity index (χ1) is 14.0. The number of nitrogens with zero attached hydrogens (tertiary/aromatic N) is 3. The lowest BCUT2D eigenvalue weighted by atomic mass is 10.0. The van der Waals surface area contributed by atoms with E-state index < -0.39 is 18.0 Å². The Balaban J connectivity index is 0.000000216. The summed E-state index contributed by atoms with van der Waals surface area (Å²) >= 11 is 0. The number of carbonyl (C=O) groups is 1. The number of rotatable bonds is 2.